The van der Waals surface area contributed by atoms with Crippen LogP contribution >= 0.6 is 0 Å². The van der Waals surface area contributed by atoms with Crippen LogP contribution < -0.4 is 10.4 Å². The minimum Gasteiger partial charge on any atom is -0.405 e. The number of aliphatic hydroxyl groups excluding tert-OH is 3. The quantitative estimate of drug-likeness (QED) is 0.406. The number of hydrogen-bond acceptors (Lipinski definition) is 6. The zero-order valence-electron chi connectivity index (χ0n) is 21.0. The van der Waals surface area contributed by atoms with Crippen LogP contribution in [0.25, 0.3) is 0 Å². The van der Waals surface area contributed by atoms with E-state index in [2.05, 4.69) is 45.0 Å². The third kappa shape index (κ3) is 5.48. The molecule has 5 atom stereocenters. The molecule has 0 aliphatic carbocycles. The van der Waals surface area contributed by atoms with E-state index in [1.54, 1.807) is 0 Å². The summed E-state index contributed by atoms with van der Waals surface area (Å²) in [5, 5.41) is 33.4. The van der Waals surface area contributed by atoms with Crippen LogP contribution in [0.2, 0.25) is 5.04 Å². The molecule has 1 heterocycles. The van der Waals surface area contributed by atoms with E-state index in [-0.39, 0.29) is 18.3 Å². The predicted octanol–water partition coefficient (Wildman–Crippen LogP) is 2.59. The minimum absolute atomic E-state index is 0.0770. The maximum atomic E-state index is 10.8. The molecule has 4 rings (SSSR count). The molecule has 0 saturated carbocycles. The highest BCUT2D eigenvalue weighted by molar-refractivity contribution is 6.99. The van der Waals surface area contributed by atoms with Crippen LogP contribution in [0.5, 0.6) is 0 Å². The molecule has 6 nitrogen and oxygen atoms in total. The Morgan fingerprint density at radius 1 is 0.750 bits per heavy atom. The van der Waals surface area contributed by atoms with Crippen molar-refractivity contribution in [2.24, 2.45) is 0 Å². The Balaban J connectivity index is 1.66. The Kier molecular flexibility index (Phi) is 8.42. The third-order valence-electron chi connectivity index (χ3n) is 6.83. The van der Waals surface area contributed by atoms with Gasteiger partial charge in [0.05, 0.1) is 13.2 Å². The molecule has 0 unspecified atom stereocenters. The summed E-state index contributed by atoms with van der Waals surface area (Å²) in [4.78, 5) is 0. The average molecular weight is 509 g/mol. The van der Waals surface area contributed by atoms with E-state index in [1.165, 1.54) is 0 Å². The van der Waals surface area contributed by atoms with Gasteiger partial charge >= 0.3 is 0 Å². The van der Waals surface area contributed by atoms with Gasteiger partial charge in [-0.15, -0.1) is 0 Å². The van der Waals surface area contributed by atoms with E-state index >= 15 is 0 Å². The van der Waals surface area contributed by atoms with E-state index in [0.717, 1.165) is 15.9 Å². The van der Waals surface area contributed by atoms with E-state index < -0.39 is 39.0 Å². The molecule has 1 saturated heterocycles. The van der Waals surface area contributed by atoms with Crippen molar-refractivity contribution >= 4 is 18.7 Å². The van der Waals surface area contributed by atoms with Crippen molar-refractivity contribution in [3.8, 4) is 0 Å². The molecule has 0 aromatic heterocycles. The van der Waals surface area contributed by atoms with Crippen LogP contribution in [0.3, 0.4) is 0 Å². The van der Waals surface area contributed by atoms with Crippen LogP contribution in [-0.4, -0.2) is 60.9 Å². The zero-order chi connectivity index (χ0) is 25.8. The molecule has 7 heteroatoms. The smallest absolute Gasteiger partial charge is 0.261 e. The summed E-state index contributed by atoms with van der Waals surface area (Å²) in [5.41, 5.74) is 0.928. The van der Waals surface area contributed by atoms with Gasteiger partial charge in [-0.3, -0.25) is 0 Å². The summed E-state index contributed by atoms with van der Waals surface area (Å²) in [6.45, 7) is 6.84. The van der Waals surface area contributed by atoms with Gasteiger partial charge in [0.25, 0.3) is 8.32 Å². The summed E-state index contributed by atoms with van der Waals surface area (Å²) >= 11 is 0. The molecule has 0 bridgehead atoms. The standard InChI is InChI=1S/C29H36O6Si/c1-29(2,3)36(22-15-9-5-10-16-22,23-17-11-6-12-18-23)34-20-24-27(25(30)26(31)28(32)35-24)33-19-21-13-7-4-8-14-21/h4-18,24-28,30-32H,19-20H2,1-3H3/t24-,25-,26+,27-,28+/m1/s1. The summed E-state index contributed by atoms with van der Waals surface area (Å²) in [6.07, 6.45) is -6.02. The summed E-state index contributed by atoms with van der Waals surface area (Å²) in [7, 11) is -2.87. The average Bonchev–Trinajstić information content (AvgIpc) is 2.88. The second-order valence-corrected chi connectivity index (χ2v) is 14.6. The Labute approximate surface area is 214 Å². The van der Waals surface area contributed by atoms with Crippen molar-refractivity contribution < 1.29 is 29.2 Å². The van der Waals surface area contributed by atoms with Crippen LogP contribution in [0.1, 0.15) is 26.3 Å². The fraction of sp³-hybridized carbons (Fsp3) is 0.379. The zero-order valence-corrected chi connectivity index (χ0v) is 22.0. The van der Waals surface area contributed by atoms with Crippen molar-refractivity contribution in [2.75, 3.05) is 6.61 Å². The Hall–Kier alpha value is -2.36. The molecular weight excluding hydrogens is 472 g/mol. The maximum Gasteiger partial charge on any atom is 0.261 e. The minimum atomic E-state index is -2.87. The lowest BCUT2D eigenvalue weighted by Crippen LogP contribution is -2.68. The van der Waals surface area contributed by atoms with Crippen molar-refractivity contribution in [1.29, 1.82) is 0 Å². The van der Waals surface area contributed by atoms with E-state index in [1.807, 2.05) is 66.7 Å². The largest absolute Gasteiger partial charge is 0.405 e. The van der Waals surface area contributed by atoms with Gasteiger partial charge in [-0.25, -0.2) is 0 Å². The van der Waals surface area contributed by atoms with E-state index in [9.17, 15) is 15.3 Å². The van der Waals surface area contributed by atoms with Crippen LogP contribution in [-0.2, 0) is 20.5 Å². The fourth-order valence-corrected chi connectivity index (χ4v) is 9.57. The highest BCUT2D eigenvalue weighted by Crippen LogP contribution is 2.37. The highest BCUT2D eigenvalue weighted by Gasteiger charge is 2.52. The number of aliphatic hydroxyl groups is 3. The normalized spacial score (nSPS) is 25.0. The Bertz CT molecular complexity index is 1030. The lowest BCUT2D eigenvalue weighted by Gasteiger charge is -2.46. The lowest BCUT2D eigenvalue weighted by atomic mass is 9.99. The highest BCUT2D eigenvalue weighted by atomic mass is 28.4. The molecular formula is C29H36O6Si. The Morgan fingerprint density at radius 3 is 1.75 bits per heavy atom. The topological polar surface area (TPSA) is 88.4 Å². The van der Waals surface area contributed by atoms with Crippen LogP contribution in [0, 0.1) is 0 Å². The molecule has 3 aromatic rings. The molecule has 1 aliphatic heterocycles. The third-order valence-corrected chi connectivity index (χ3v) is 11.8. The predicted molar refractivity (Wildman–Crippen MR) is 141 cm³/mol. The van der Waals surface area contributed by atoms with Gasteiger partial charge in [-0.05, 0) is 21.0 Å². The lowest BCUT2D eigenvalue weighted by molar-refractivity contribution is -0.295. The molecule has 3 N–H and O–H groups in total. The molecule has 1 aliphatic rings. The second kappa shape index (κ2) is 11.4. The van der Waals surface area contributed by atoms with Crippen molar-refractivity contribution in [3.05, 3.63) is 96.6 Å². The summed E-state index contributed by atoms with van der Waals surface area (Å²) in [5.74, 6) is 0. The number of ether oxygens (including phenoxy) is 2. The van der Waals surface area contributed by atoms with Gasteiger partial charge in [0, 0.05) is 0 Å². The maximum absolute atomic E-state index is 10.8. The van der Waals surface area contributed by atoms with Gasteiger partial charge in [0.1, 0.15) is 24.4 Å². The monoisotopic (exact) mass is 508 g/mol. The van der Waals surface area contributed by atoms with E-state index in [4.69, 9.17) is 13.9 Å². The van der Waals surface area contributed by atoms with Crippen LogP contribution in [0.15, 0.2) is 91.0 Å². The summed E-state index contributed by atoms with van der Waals surface area (Å²) in [6, 6.07) is 30.0. The van der Waals surface area contributed by atoms with Gasteiger partial charge in [-0.2, -0.15) is 0 Å². The summed E-state index contributed by atoms with van der Waals surface area (Å²) < 4.78 is 18.8. The van der Waals surface area contributed by atoms with E-state index in [0.29, 0.717) is 0 Å². The first-order valence-electron chi connectivity index (χ1n) is 12.3. The molecule has 0 spiro atoms. The number of hydrogen-bond donors (Lipinski definition) is 3. The molecule has 36 heavy (non-hydrogen) atoms. The molecule has 3 aromatic carbocycles. The van der Waals surface area contributed by atoms with Crippen molar-refractivity contribution in [3.63, 3.8) is 0 Å². The Morgan fingerprint density at radius 2 is 1.25 bits per heavy atom. The first kappa shape index (κ1) is 26.7. The number of benzene rings is 3. The fourth-order valence-electron chi connectivity index (χ4n) is 5.00. The van der Waals surface area contributed by atoms with Crippen LogP contribution in [0.4, 0.5) is 0 Å². The molecule has 0 radical (unpaired) electrons. The molecule has 0 amide bonds. The van der Waals surface area contributed by atoms with Gasteiger partial charge in [0.2, 0.25) is 0 Å². The molecule has 1 fully saturated rings. The first-order valence-corrected chi connectivity index (χ1v) is 14.2. The first-order chi connectivity index (χ1) is 17.2. The van der Waals surface area contributed by atoms with Gasteiger partial charge < -0.3 is 29.2 Å². The molecule has 192 valence electrons. The van der Waals surface area contributed by atoms with Crippen molar-refractivity contribution in [1.82, 2.24) is 0 Å². The van der Waals surface area contributed by atoms with Crippen molar-refractivity contribution in [2.45, 2.75) is 63.1 Å². The van der Waals surface area contributed by atoms with Gasteiger partial charge in [0.15, 0.2) is 6.29 Å². The van der Waals surface area contributed by atoms with Gasteiger partial charge in [-0.1, -0.05) is 112 Å². The number of rotatable bonds is 8. The second-order valence-electron chi connectivity index (χ2n) is 10.3. The SMILES string of the molecule is CC(C)(C)[Si](OC[C@H]1O[C@H](O)[C@@H](O)[C@@H](O)[C@@H]1OCc1ccccc1)(c1ccccc1)c1ccccc1.